The molecule has 0 bridgehead atoms. The van der Waals surface area contributed by atoms with Crippen LogP contribution in [0.1, 0.15) is 64.5 Å². The summed E-state index contributed by atoms with van der Waals surface area (Å²) in [5.41, 5.74) is 3.40. The molecule has 26 heavy (non-hydrogen) atoms. The van der Waals surface area contributed by atoms with Gasteiger partial charge in [-0.1, -0.05) is 32.0 Å². The van der Waals surface area contributed by atoms with Gasteiger partial charge in [0.25, 0.3) is 0 Å². The summed E-state index contributed by atoms with van der Waals surface area (Å²) in [4.78, 5) is 27.3. The summed E-state index contributed by atoms with van der Waals surface area (Å²) < 4.78 is 0. The molecule has 1 aliphatic rings. The number of rotatable bonds is 7. The molecule has 144 valence electrons. The van der Waals surface area contributed by atoms with E-state index in [-0.39, 0.29) is 23.7 Å². The van der Waals surface area contributed by atoms with Crippen LogP contribution in [0.5, 0.6) is 0 Å². The Morgan fingerprint density at radius 3 is 1.88 bits per heavy atom. The number of benzene rings is 1. The zero-order chi connectivity index (χ0) is 19.1. The molecular formula is C22H34N2O2. The first kappa shape index (κ1) is 20.5. The van der Waals surface area contributed by atoms with E-state index in [4.69, 9.17) is 0 Å². The number of carbonyl (C=O) groups is 2. The lowest BCUT2D eigenvalue weighted by Crippen LogP contribution is -2.38. The molecule has 1 saturated carbocycles. The lowest BCUT2D eigenvalue weighted by Gasteiger charge is -2.31. The van der Waals surface area contributed by atoms with Gasteiger partial charge in [-0.3, -0.25) is 9.59 Å². The number of aryl methyl sites for hydroxylation is 2. The average Bonchev–Trinajstić information content (AvgIpc) is 2.69. The van der Waals surface area contributed by atoms with E-state index in [0.717, 1.165) is 57.3 Å². The second-order valence-corrected chi connectivity index (χ2v) is 7.21. The molecular weight excluding hydrogens is 324 g/mol. The van der Waals surface area contributed by atoms with E-state index in [9.17, 15) is 9.59 Å². The fourth-order valence-corrected chi connectivity index (χ4v) is 4.02. The maximum Gasteiger partial charge on any atom is 0.227 e. The molecule has 0 heterocycles. The topological polar surface area (TPSA) is 49.4 Å². The highest BCUT2D eigenvalue weighted by Crippen LogP contribution is 2.32. The first-order chi connectivity index (χ1) is 12.5. The van der Waals surface area contributed by atoms with E-state index in [1.54, 1.807) is 0 Å². The summed E-state index contributed by atoms with van der Waals surface area (Å²) in [6, 6.07) is 6.25. The highest BCUT2D eigenvalue weighted by atomic mass is 16.2. The van der Waals surface area contributed by atoms with Crippen molar-refractivity contribution in [3.63, 3.8) is 0 Å². The van der Waals surface area contributed by atoms with Gasteiger partial charge in [0.15, 0.2) is 0 Å². The predicted octanol–water partition coefficient (Wildman–Crippen LogP) is 4.42. The van der Waals surface area contributed by atoms with Crippen molar-refractivity contribution in [1.82, 2.24) is 4.90 Å². The van der Waals surface area contributed by atoms with Crippen molar-refractivity contribution >= 4 is 17.5 Å². The third-order valence-electron chi connectivity index (χ3n) is 5.77. The number of anilines is 1. The van der Waals surface area contributed by atoms with Gasteiger partial charge in [0.1, 0.15) is 0 Å². The van der Waals surface area contributed by atoms with E-state index in [1.165, 1.54) is 11.1 Å². The Balaban J connectivity index is 1.98. The molecule has 1 N–H and O–H groups in total. The van der Waals surface area contributed by atoms with Crippen LogP contribution in [0.4, 0.5) is 5.69 Å². The second-order valence-electron chi connectivity index (χ2n) is 7.21. The van der Waals surface area contributed by atoms with Crippen molar-refractivity contribution in [2.75, 3.05) is 18.4 Å². The van der Waals surface area contributed by atoms with Crippen LogP contribution < -0.4 is 5.32 Å². The van der Waals surface area contributed by atoms with Crippen LogP contribution in [0, 0.1) is 11.8 Å². The lowest BCUT2D eigenvalue weighted by atomic mass is 9.80. The molecule has 0 radical (unpaired) electrons. The molecule has 0 saturated heterocycles. The summed E-state index contributed by atoms with van der Waals surface area (Å²) in [7, 11) is 0. The fourth-order valence-electron chi connectivity index (χ4n) is 4.02. The van der Waals surface area contributed by atoms with E-state index in [1.807, 2.05) is 18.7 Å². The summed E-state index contributed by atoms with van der Waals surface area (Å²) >= 11 is 0. The van der Waals surface area contributed by atoms with Crippen molar-refractivity contribution in [2.45, 2.75) is 66.2 Å². The Hall–Kier alpha value is -1.84. The minimum absolute atomic E-state index is 0.0189. The molecule has 4 nitrogen and oxygen atoms in total. The SMILES string of the molecule is CCc1cccc(CC)c1NC(=O)C1CCC(C(=O)N(CC)CC)CC1. The Morgan fingerprint density at radius 1 is 0.923 bits per heavy atom. The van der Waals surface area contributed by atoms with Crippen molar-refractivity contribution in [3.8, 4) is 0 Å². The monoisotopic (exact) mass is 358 g/mol. The van der Waals surface area contributed by atoms with Crippen LogP contribution in [0.25, 0.3) is 0 Å². The van der Waals surface area contributed by atoms with Gasteiger partial charge in [-0.15, -0.1) is 0 Å². The summed E-state index contributed by atoms with van der Waals surface area (Å²) in [6.45, 7) is 9.82. The van der Waals surface area contributed by atoms with Crippen LogP contribution in [0.15, 0.2) is 18.2 Å². The number of hydrogen-bond donors (Lipinski definition) is 1. The Bertz CT molecular complexity index is 592. The van der Waals surface area contributed by atoms with Crippen molar-refractivity contribution < 1.29 is 9.59 Å². The first-order valence-electron chi connectivity index (χ1n) is 10.3. The minimum Gasteiger partial charge on any atom is -0.343 e. The van der Waals surface area contributed by atoms with Crippen molar-refractivity contribution in [2.24, 2.45) is 11.8 Å². The van der Waals surface area contributed by atoms with Gasteiger partial charge in [-0.05, 0) is 63.5 Å². The average molecular weight is 359 g/mol. The van der Waals surface area contributed by atoms with Crippen LogP contribution in [-0.2, 0) is 22.4 Å². The maximum absolute atomic E-state index is 12.8. The quantitative estimate of drug-likeness (QED) is 0.784. The molecule has 2 rings (SSSR count). The Kier molecular flexibility index (Phi) is 7.67. The number of nitrogens with zero attached hydrogens (tertiary/aromatic N) is 1. The first-order valence-corrected chi connectivity index (χ1v) is 10.3. The highest BCUT2D eigenvalue weighted by molar-refractivity contribution is 5.94. The number of nitrogens with one attached hydrogen (secondary N) is 1. The number of para-hydroxylation sites is 1. The maximum atomic E-state index is 12.8. The van der Waals surface area contributed by atoms with Gasteiger partial charge < -0.3 is 10.2 Å². The normalized spacial score (nSPS) is 19.8. The van der Waals surface area contributed by atoms with Crippen molar-refractivity contribution in [1.29, 1.82) is 0 Å². The standard InChI is InChI=1S/C22H34N2O2/c1-5-16-10-9-11-17(6-2)20(16)23-21(25)18-12-14-19(15-13-18)22(26)24(7-3)8-4/h9-11,18-19H,5-8,12-15H2,1-4H3,(H,23,25). The zero-order valence-electron chi connectivity index (χ0n) is 16.8. The van der Waals surface area contributed by atoms with Gasteiger partial charge in [0.2, 0.25) is 11.8 Å². The molecule has 1 aromatic carbocycles. The lowest BCUT2D eigenvalue weighted by molar-refractivity contribution is -0.137. The molecule has 2 amide bonds. The van der Waals surface area contributed by atoms with Crippen molar-refractivity contribution in [3.05, 3.63) is 29.3 Å². The molecule has 0 aliphatic heterocycles. The minimum atomic E-state index is 0.0189. The van der Waals surface area contributed by atoms with Crippen LogP contribution in [0.2, 0.25) is 0 Å². The predicted molar refractivity (Wildman–Crippen MR) is 107 cm³/mol. The summed E-state index contributed by atoms with van der Waals surface area (Å²) in [6.07, 6.45) is 5.08. The van der Waals surface area contributed by atoms with E-state index in [2.05, 4.69) is 37.4 Å². The molecule has 1 aromatic rings. The zero-order valence-corrected chi connectivity index (χ0v) is 16.8. The summed E-state index contributed by atoms with van der Waals surface area (Å²) in [5.74, 6) is 0.492. The van der Waals surface area contributed by atoms with E-state index < -0.39 is 0 Å². The van der Waals surface area contributed by atoms with Gasteiger partial charge in [0, 0.05) is 30.6 Å². The van der Waals surface area contributed by atoms with E-state index >= 15 is 0 Å². The van der Waals surface area contributed by atoms with Gasteiger partial charge in [-0.25, -0.2) is 0 Å². The molecule has 0 unspecified atom stereocenters. The largest absolute Gasteiger partial charge is 0.343 e. The summed E-state index contributed by atoms with van der Waals surface area (Å²) in [5, 5.41) is 3.21. The van der Waals surface area contributed by atoms with Gasteiger partial charge in [-0.2, -0.15) is 0 Å². The molecule has 4 heteroatoms. The number of carbonyl (C=O) groups excluding carboxylic acids is 2. The Morgan fingerprint density at radius 2 is 1.42 bits per heavy atom. The van der Waals surface area contributed by atoms with Crippen LogP contribution in [0.3, 0.4) is 0 Å². The molecule has 0 atom stereocenters. The van der Waals surface area contributed by atoms with Crippen LogP contribution >= 0.6 is 0 Å². The number of hydrogen-bond acceptors (Lipinski definition) is 2. The third kappa shape index (κ3) is 4.66. The third-order valence-corrected chi connectivity index (χ3v) is 5.77. The van der Waals surface area contributed by atoms with E-state index in [0.29, 0.717) is 0 Å². The fraction of sp³-hybridized carbons (Fsp3) is 0.636. The van der Waals surface area contributed by atoms with Crippen LogP contribution in [-0.4, -0.2) is 29.8 Å². The second kappa shape index (κ2) is 9.75. The molecule has 0 aromatic heterocycles. The number of amides is 2. The smallest absolute Gasteiger partial charge is 0.227 e. The molecule has 1 aliphatic carbocycles. The van der Waals surface area contributed by atoms with Gasteiger partial charge in [0.05, 0.1) is 0 Å². The Labute approximate surface area is 158 Å². The molecule has 1 fully saturated rings. The molecule has 0 spiro atoms. The van der Waals surface area contributed by atoms with Gasteiger partial charge >= 0.3 is 0 Å². The highest BCUT2D eigenvalue weighted by Gasteiger charge is 2.31.